The van der Waals surface area contributed by atoms with Crippen LogP contribution in [0.15, 0.2) is 0 Å². The molecule has 0 aromatic rings. The molecule has 1 aliphatic rings. The maximum Gasteiger partial charge on any atom is -0.00234 e. The molecule has 1 N–H and O–H groups in total. The zero-order valence-electron chi connectivity index (χ0n) is 7.90. The van der Waals surface area contributed by atoms with Crippen LogP contribution in [0.1, 0.15) is 39.0 Å². The van der Waals surface area contributed by atoms with Crippen molar-refractivity contribution in [3.05, 3.63) is 0 Å². The Morgan fingerprint density at radius 1 is 1.27 bits per heavy atom. The van der Waals surface area contributed by atoms with Gasteiger partial charge in [0.1, 0.15) is 0 Å². The van der Waals surface area contributed by atoms with Gasteiger partial charge >= 0.3 is 0 Å². The van der Waals surface area contributed by atoms with Crippen LogP contribution in [-0.4, -0.2) is 13.6 Å². The smallest absolute Gasteiger partial charge is 0.00234 e. The van der Waals surface area contributed by atoms with Crippen molar-refractivity contribution in [2.45, 2.75) is 39.0 Å². The van der Waals surface area contributed by atoms with Crippen LogP contribution >= 0.6 is 0 Å². The maximum atomic E-state index is 3.29. The fourth-order valence-electron chi connectivity index (χ4n) is 2.20. The van der Waals surface area contributed by atoms with E-state index in [2.05, 4.69) is 19.3 Å². The Kier molecular flexibility index (Phi) is 3.92. The maximum absolute atomic E-state index is 3.29. The summed E-state index contributed by atoms with van der Waals surface area (Å²) in [4.78, 5) is 0. The highest BCUT2D eigenvalue weighted by Gasteiger charge is 2.15. The molecule has 66 valence electrons. The van der Waals surface area contributed by atoms with E-state index in [1.165, 1.54) is 38.6 Å². The van der Waals surface area contributed by atoms with Crippen molar-refractivity contribution in [2.24, 2.45) is 11.8 Å². The summed E-state index contributed by atoms with van der Waals surface area (Å²) in [5.74, 6) is 1.92. The van der Waals surface area contributed by atoms with E-state index in [0.29, 0.717) is 0 Å². The molecule has 0 amide bonds. The van der Waals surface area contributed by atoms with Gasteiger partial charge in [0.25, 0.3) is 0 Å². The zero-order chi connectivity index (χ0) is 8.10. The van der Waals surface area contributed by atoms with E-state index in [-0.39, 0.29) is 0 Å². The summed E-state index contributed by atoms with van der Waals surface area (Å²) in [5.41, 5.74) is 0. The lowest BCUT2D eigenvalue weighted by Crippen LogP contribution is -2.19. The van der Waals surface area contributed by atoms with Crippen molar-refractivity contribution in [1.29, 1.82) is 0 Å². The van der Waals surface area contributed by atoms with Gasteiger partial charge in [-0.3, -0.25) is 0 Å². The molecule has 0 bridgehead atoms. The predicted molar refractivity (Wildman–Crippen MR) is 49.7 cm³/mol. The van der Waals surface area contributed by atoms with E-state index in [0.717, 1.165) is 11.8 Å². The Morgan fingerprint density at radius 3 is 2.73 bits per heavy atom. The molecule has 1 aliphatic carbocycles. The number of hydrogen-bond acceptors (Lipinski definition) is 1. The lowest BCUT2D eigenvalue weighted by Gasteiger charge is -2.15. The minimum atomic E-state index is 0.956. The molecule has 11 heavy (non-hydrogen) atoms. The van der Waals surface area contributed by atoms with Crippen LogP contribution in [-0.2, 0) is 0 Å². The van der Waals surface area contributed by atoms with Crippen LogP contribution in [0.25, 0.3) is 0 Å². The van der Waals surface area contributed by atoms with Gasteiger partial charge in [0.05, 0.1) is 0 Å². The highest BCUT2D eigenvalue weighted by atomic mass is 14.8. The largest absolute Gasteiger partial charge is 0.319 e. The van der Waals surface area contributed by atoms with Crippen LogP contribution in [0.5, 0.6) is 0 Å². The summed E-state index contributed by atoms with van der Waals surface area (Å²) in [5, 5.41) is 3.29. The molecule has 0 saturated heterocycles. The Bertz CT molecular complexity index is 101. The first-order chi connectivity index (χ1) is 5.33. The van der Waals surface area contributed by atoms with Crippen molar-refractivity contribution >= 4 is 0 Å². The Morgan fingerprint density at radius 2 is 2.00 bits per heavy atom. The number of hydrogen-bond donors (Lipinski definition) is 1. The summed E-state index contributed by atoms with van der Waals surface area (Å²) in [7, 11) is 2.07. The second-order valence-corrected chi connectivity index (χ2v) is 4.05. The van der Waals surface area contributed by atoms with E-state index in [9.17, 15) is 0 Å². The minimum Gasteiger partial charge on any atom is -0.319 e. The molecular weight excluding hydrogens is 134 g/mol. The molecule has 0 aromatic heterocycles. The SMILES string of the molecule is CNCC1CCCCC(C)C1. The van der Waals surface area contributed by atoms with Crippen molar-refractivity contribution in [2.75, 3.05) is 13.6 Å². The summed E-state index contributed by atoms with van der Waals surface area (Å²) in [6, 6.07) is 0. The lowest BCUT2D eigenvalue weighted by molar-refractivity contribution is 0.386. The molecule has 0 radical (unpaired) electrons. The highest BCUT2D eigenvalue weighted by Crippen LogP contribution is 2.26. The van der Waals surface area contributed by atoms with Crippen LogP contribution in [0.2, 0.25) is 0 Å². The molecule has 2 atom stereocenters. The molecule has 0 heterocycles. The normalized spacial score (nSPS) is 33.3. The fraction of sp³-hybridized carbons (Fsp3) is 1.00. The zero-order valence-corrected chi connectivity index (χ0v) is 7.90. The summed E-state index contributed by atoms with van der Waals surface area (Å²) in [6.45, 7) is 3.62. The molecular formula is C10H21N. The molecule has 2 unspecified atom stereocenters. The van der Waals surface area contributed by atoms with Gasteiger partial charge in [0.15, 0.2) is 0 Å². The van der Waals surface area contributed by atoms with Gasteiger partial charge in [0.2, 0.25) is 0 Å². The van der Waals surface area contributed by atoms with Crippen molar-refractivity contribution in [1.82, 2.24) is 5.32 Å². The Labute approximate surface area is 70.6 Å². The van der Waals surface area contributed by atoms with Gasteiger partial charge in [0, 0.05) is 0 Å². The Balaban J connectivity index is 2.27. The van der Waals surface area contributed by atoms with E-state index in [1.54, 1.807) is 0 Å². The first kappa shape index (κ1) is 9.05. The third-order valence-electron chi connectivity index (χ3n) is 2.79. The monoisotopic (exact) mass is 155 g/mol. The van der Waals surface area contributed by atoms with Crippen LogP contribution < -0.4 is 5.32 Å². The average Bonchev–Trinajstić information content (AvgIpc) is 2.15. The quantitative estimate of drug-likeness (QED) is 0.604. The molecule has 0 aliphatic heterocycles. The average molecular weight is 155 g/mol. The van der Waals surface area contributed by atoms with E-state index < -0.39 is 0 Å². The van der Waals surface area contributed by atoms with Gasteiger partial charge in [-0.2, -0.15) is 0 Å². The van der Waals surface area contributed by atoms with Gasteiger partial charge in [-0.15, -0.1) is 0 Å². The molecule has 1 nitrogen and oxygen atoms in total. The lowest BCUT2D eigenvalue weighted by atomic mass is 9.95. The van der Waals surface area contributed by atoms with Gasteiger partial charge in [-0.25, -0.2) is 0 Å². The van der Waals surface area contributed by atoms with Crippen LogP contribution in [0.4, 0.5) is 0 Å². The molecule has 1 heteroatoms. The predicted octanol–water partition coefficient (Wildman–Crippen LogP) is 2.42. The third-order valence-corrected chi connectivity index (χ3v) is 2.79. The molecule has 1 rings (SSSR count). The number of nitrogens with one attached hydrogen (secondary N) is 1. The van der Waals surface area contributed by atoms with Gasteiger partial charge < -0.3 is 5.32 Å². The van der Waals surface area contributed by atoms with Crippen molar-refractivity contribution < 1.29 is 0 Å². The Hall–Kier alpha value is -0.0400. The standard InChI is InChI=1S/C10H21N/c1-9-5-3-4-6-10(7-9)8-11-2/h9-11H,3-8H2,1-2H3. The molecule has 0 spiro atoms. The van der Waals surface area contributed by atoms with E-state index in [4.69, 9.17) is 0 Å². The highest BCUT2D eigenvalue weighted by molar-refractivity contribution is 4.69. The van der Waals surface area contributed by atoms with Crippen LogP contribution in [0.3, 0.4) is 0 Å². The molecule has 1 fully saturated rings. The summed E-state index contributed by atoms with van der Waals surface area (Å²) in [6.07, 6.45) is 7.27. The summed E-state index contributed by atoms with van der Waals surface area (Å²) < 4.78 is 0. The van der Waals surface area contributed by atoms with Crippen LogP contribution in [0, 0.1) is 11.8 Å². The van der Waals surface area contributed by atoms with E-state index >= 15 is 0 Å². The molecule has 0 aromatic carbocycles. The van der Waals surface area contributed by atoms with Gasteiger partial charge in [-0.05, 0) is 38.3 Å². The second-order valence-electron chi connectivity index (χ2n) is 4.05. The second kappa shape index (κ2) is 4.76. The third kappa shape index (κ3) is 3.24. The first-order valence-corrected chi connectivity index (χ1v) is 4.97. The van der Waals surface area contributed by atoms with Gasteiger partial charge in [-0.1, -0.05) is 26.2 Å². The topological polar surface area (TPSA) is 12.0 Å². The van der Waals surface area contributed by atoms with Crippen molar-refractivity contribution in [3.63, 3.8) is 0 Å². The van der Waals surface area contributed by atoms with Crippen molar-refractivity contribution in [3.8, 4) is 0 Å². The number of rotatable bonds is 2. The minimum absolute atomic E-state index is 0.956. The first-order valence-electron chi connectivity index (χ1n) is 4.97. The van der Waals surface area contributed by atoms with E-state index in [1.807, 2.05) is 0 Å². The fourth-order valence-corrected chi connectivity index (χ4v) is 2.20. The summed E-state index contributed by atoms with van der Waals surface area (Å²) >= 11 is 0. The molecule has 1 saturated carbocycles.